The van der Waals surface area contributed by atoms with E-state index in [1.807, 2.05) is 42.5 Å². The van der Waals surface area contributed by atoms with Crippen LogP contribution in [0.3, 0.4) is 0 Å². The van der Waals surface area contributed by atoms with Crippen LogP contribution in [0, 0.1) is 0 Å². The molecule has 6 nitrogen and oxygen atoms in total. The molecule has 1 heterocycles. The van der Waals surface area contributed by atoms with Crippen molar-refractivity contribution in [1.29, 1.82) is 0 Å². The van der Waals surface area contributed by atoms with Gasteiger partial charge in [0, 0.05) is 29.3 Å². The Morgan fingerprint density at radius 1 is 1.04 bits per heavy atom. The van der Waals surface area contributed by atoms with Gasteiger partial charge in [-0.15, -0.1) is 0 Å². The van der Waals surface area contributed by atoms with Crippen LogP contribution in [-0.4, -0.2) is 28.1 Å². The number of halogens is 1. The molecule has 0 spiro atoms. The van der Waals surface area contributed by atoms with E-state index >= 15 is 0 Å². The molecule has 0 aliphatic carbocycles. The molecule has 0 saturated heterocycles. The maximum atomic E-state index is 12.2. The van der Waals surface area contributed by atoms with Crippen LogP contribution in [0.2, 0.25) is 0 Å². The molecule has 3 aromatic rings. The van der Waals surface area contributed by atoms with Crippen molar-refractivity contribution < 1.29 is 9.59 Å². The number of nitrogens with one attached hydrogen (secondary N) is 2. The molecule has 0 atom stereocenters. The maximum absolute atomic E-state index is 12.2. The number of amides is 2. The molecule has 0 unspecified atom stereocenters. The lowest BCUT2D eigenvalue weighted by atomic mass is 10.3. The highest BCUT2D eigenvalue weighted by Gasteiger charge is 2.10. The summed E-state index contributed by atoms with van der Waals surface area (Å²) in [6.07, 6.45) is 3.35. The van der Waals surface area contributed by atoms with Gasteiger partial charge in [0.15, 0.2) is 0 Å². The van der Waals surface area contributed by atoms with Gasteiger partial charge in [0.2, 0.25) is 5.91 Å². The van der Waals surface area contributed by atoms with Gasteiger partial charge in [0.05, 0.1) is 17.4 Å². The Morgan fingerprint density at radius 3 is 2.50 bits per heavy atom. The Kier molecular flexibility index (Phi) is 5.80. The number of para-hydroxylation sites is 1. The third kappa shape index (κ3) is 4.80. The second-order valence-corrected chi connectivity index (χ2v) is 6.49. The number of hydrogen-bond acceptors (Lipinski definition) is 3. The zero-order valence-electron chi connectivity index (χ0n) is 13.9. The number of carbonyl (C=O) groups is 2. The third-order valence-electron chi connectivity index (χ3n) is 3.63. The number of nitrogens with zero attached hydrogens (tertiary/aromatic N) is 2. The monoisotopic (exact) mass is 412 g/mol. The number of aromatic nitrogens is 2. The summed E-state index contributed by atoms with van der Waals surface area (Å²) in [5, 5.41) is 9.70. The van der Waals surface area contributed by atoms with Crippen molar-refractivity contribution >= 4 is 33.4 Å². The highest BCUT2D eigenvalue weighted by atomic mass is 79.9. The van der Waals surface area contributed by atoms with E-state index in [0.29, 0.717) is 11.3 Å². The van der Waals surface area contributed by atoms with Crippen LogP contribution in [-0.2, 0) is 4.79 Å². The lowest BCUT2D eigenvalue weighted by molar-refractivity contribution is -0.116. The summed E-state index contributed by atoms with van der Waals surface area (Å²) in [4.78, 5) is 24.1. The Labute approximate surface area is 159 Å². The minimum absolute atomic E-state index is 0.160. The Morgan fingerprint density at radius 2 is 1.77 bits per heavy atom. The summed E-state index contributed by atoms with van der Waals surface area (Å²) in [5.41, 5.74) is 2.04. The molecule has 26 heavy (non-hydrogen) atoms. The molecule has 2 aromatic carbocycles. The van der Waals surface area contributed by atoms with Crippen molar-refractivity contribution in [2.75, 3.05) is 11.9 Å². The molecule has 0 aliphatic rings. The number of rotatable bonds is 6. The lowest BCUT2D eigenvalue weighted by Crippen LogP contribution is -2.27. The van der Waals surface area contributed by atoms with Gasteiger partial charge >= 0.3 is 0 Å². The topological polar surface area (TPSA) is 76.0 Å². The van der Waals surface area contributed by atoms with Gasteiger partial charge in [-0.2, -0.15) is 5.10 Å². The van der Waals surface area contributed by atoms with Crippen LogP contribution < -0.4 is 10.6 Å². The van der Waals surface area contributed by atoms with E-state index in [2.05, 4.69) is 31.7 Å². The van der Waals surface area contributed by atoms with Crippen molar-refractivity contribution in [3.63, 3.8) is 0 Å². The highest BCUT2D eigenvalue weighted by molar-refractivity contribution is 9.10. The van der Waals surface area contributed by atoms with Crippen LogP contribution in [0.15, 0.2) is 71.5 Å². The molecular weight excluding hydrogens is 396 g/mol. The average Bonchev–Trinajstić information content (AvgIpc) is 3.15. The average molecular weight is 413 g/mol. The van der Waals surface area contributed by atoms with E-state index in [9.17, 15) is 9.59 Å². The molecule has 7 heteroatoms. The van der Waals surface area contributed by atoms with E-state index in [0.717, 1.165) is 10.2 Å². The molecule has 0 fully saturated rings. The molecule has 132 valence electrons. The number of carbonyl (C=O) groups excluding carboxylic acids is 2. The molecule has 1 aromatic heterocycles. The Balaban J connectivity index is 1.47. The molecule has 2 N–H and O–H groups in total. The number of hydrogen-bond donors (Lipinski definition) is 2. The summed E-state index contributed by atoms with van der Waals surface area (Å²) in [6, 6.07) is 16.8. The third-order valence-corrected chi connectivity index (χ3v) is 4.16. The van der Waals surface area contributed by atoms with Gasteiger partial charge in [-0.05, 0) is 36.4 Å². The predicted octanol–water partition coefficient (Wildman–Crippen LogP) is 3.39. The van der Waals surface area contributed by atoms with Crippen LogP contribution >= 0.6 is 15.9 Å². The van der Waals surface area contributed by atoms with Crippen molar-refractivity contribution in [3.05, 3.63) is 77.0 Å². The first-order valence-electron chi connectivity index (χ1n) is 8.05. The fourth-order valence-electron chi connectivity index (χ4n) is 2.31. The normalized spacial score (nSPS) is 10.3. The number of benzene rings is 2. The zero-order chi connectivity index (χ0) is 18.4. The first-order valence-corrected chi connectivity index (χ1v) is 8.85. The minimum atomic E-state index is -0.261. The Bertz CT molecular complexity index is 891. The van der Waals surface area contributed by atoms with E-state index in [1.165, 1.54) is 6.20 Å². The first kappa shape index (κ1) is 17.9. The molecule has 0 aliphatic heterocycles. The fourth-order valence-corrected chi connectivity index (χ4v) is 2.57. The van der Waals surface area contributed by atoms with Crippen LogP contribution in [0.5, 0.6) is 0 Å². The zero-order valence-corrected chi connectivity index (χ0v) is 15.4. The van der Waals surface area contributed by atoms with Crippen molar-refractivity contribution in [3.8, 4) is 5.69 Å². The van der Waals surface area contributed by atoms with Crippen molar-refractivity contribution in [1.82, 2.24) is 15.1 Å². The summed E-state index contributed by atoms with van der Waals surface area (Å²) in [6.45, 7) is 0.248. The van der Waals surface area contributed by atoms with E-state index in [-0.39, 0.29) is 24.8 Å². The molecular formula is C19H17BrN4O2. The second-order valence-electron chi connectivity index (χ2n) is 5.57. The van der Waals surface area contributed by atoms with Gasteiger partial charge < -0.3 is 10.6 Å². The molecule has 0 saturated carbocycles. The number of anilines is 1. The van der Waals surface area contributed by atoms with Crippen LogP contribution in [0.4, 0.5) is 5.69 Å². The second kappa shape index (κ2) is 8.44. The first-order chi connectivity index (χ1) is 12.6. The summed E-state index contributed by atoms with van der Waals surface area (Å²) >= 11 is 3.34. The van der Waals surface area contributed by atoms with Gasteiger partial charge in [-0.25, -0.2) is 4.68 Å². The van der Waals surface area contributed by atoms with Gasteiger partial charge in [-0.3, -0.25) is 9.59 Å². The summed E-state index contributed by atoms with van der Waals surface area (Å²) in [7, 11) is 0. The molecule has 3 rings (SSSR count). The van der Waals surface area contributed by atoms with Gasteiger partial charge in [0.25, 0.3) is 5.91 Å². The SMILES string of the molecule is O=C(CCNC(=O)c1cnn(-c2ccccc2)c1)Nc1ccc(Br)cc1. The van der Waals surface area contributed by atoms with Gasteiger partial charge in [0.1, 0.15) is 0 Å². The largest absolute Gasteiger partial charge is 0.351 e. The molecule has 2 amide bonds. The lowest BCUT2D eigenvalue weighted by Gasteiger charge is -2.06. The highest BCUT2D eigenvalue weighted by Crippen LogP contribution is 2.14. The van der Waals surface area contributed by atoms with E-state index < -0.39 is 0 Å². The quantitative estimate of drug-likeness (QED) is 0.651. The summed E-state index contributed by atoms with van der Waals surface area (Å²) < 4.78 is 2.58. The van der Waals surface area contributed by atoms with Crippen molar-refractivity contribution in [2.24, 2.45) is 0 Å². The van der Waals surface area contributed by atoms with Crippen LogP contribution in [0.25, 0.3) is 5.69 Å². The summed E-state index contributed by atoms with van der Waals surface area (Å²) in [5.74, 6) is -0.420. The minimum Gasteiger partial charge on any atom is -0.351 e. The van der Waals surface area contributed by atoms with Crippen LogP contribution in [0.1, 0.15) is 16.8 Å². The van der Waals surface area contributed by atoms with Gasteiger partial charge in [-0.1, -0.05) is 34.1 Å². The van der Waals surface area contributed by atoms with E-state index in [1.54, 1.807) is 23.0 Å². The Hall–Kier alpha value is -2.93. The standard InChI is InChI=1S/C19H17BrN4O2/c20-15-6-8-16(9-7-15)23-18(25)10-11-21-19(26)14-12-22-24(13-14)17-4-2-1-3-5-17/h1-9,12-13H,10-11H2,(H,21,26)(H,23,25). The van der Waals surface area contributed by atoms with E-state index in [4.69, 9.17) is 0 Å². The van der Waals surface area contributed by atoms with Crippen molar-refractivity contribution in [2.45, 2.75) is 6.42 Å². The molecule has 0 bridgehead atoms. The fraction of sp³-hybridized carbons (Fsp3) is 0.105. The predicted molar refractivity (Wildman–Crippen MR) is 103 cm³/mol. The maximum Gasteiger partial charge on any atom is 0.254 e. The molecule has 0 radical (unpaired) electrons. The smallest absolute Gasteiger partial charge is 0.254 e.